The summed E-state index contributed by atoms with van der Waals surface area (Å²) in [6, 6.07) is 55.8. The van der Waals surface area contributed by atoms with Gasteiger partial charge in [-0.1, -0.05) is 140 Å². The number of amidine groups is 1. The topological polar surface area (TPSA) is 41.1 Å². The molecule has 6 aromatic carbocycles. The van der Waals surface area contributed by atoms with Crippen molar-refractivity contribution in [3.8, 4) is 11.1 Å². The van der Waals surface area contributed by atoms with E-state index in [1.807, 2.05) is 6.07 Å². The molecule has 2 aliphatic heterocycles. The van der Waals surface area contributed by atoms with E-state index in [1.165, 1.54) is 27.9 Å². The van der Waals surface area contributed by atoms with E-state index < -0.39 is 0 Å². The molecular formula is C47H35N3O. The fourth-order valence-electron chi connectivity index (χ4n) is 8.58. The third-order valence-electron chi connectivity index (χ3n) is 10.9. The molecule has 1 aliphatic carbocycles. The van der Waals surface area contributed by atoms with Crippen LogP contribution in [-0.2, 0) is 5.41 Å². The van der Waals surface area contributed by atoms with E-state index in [-0.39, 0.29) is 11.5 Å². The second kappa shape index (κ2) is 11.7. The maximum atomic E-state index is 6.92. The summed E-state index contributed by atoms with van der Waals surface area (Å²) in [5.41, 5.74) is 13.0. The lowest BCUT2D eigenvalue weighted by Crippen LogP contribution is -2.37. The largest absolute Gasteiger partial charge is 0.458 e. The van der Waals surface area contributed by atoms with Crippen LogP contribution in [0.5, 0.6) is 0 Å². The highest BCUT2D eigenvalue weighted by molar-refractivity contribution is 6.14. The zero-order valence-corrected chi connectivity index (χ0v) is 28.3. The van der Waals surface area contributed by atoms with Gasteiger partial charge in [-0.3, -0.25) is 0 Å². The van der Waals surface area contributed by atoms with Crippen LogP contribution in [0.4, 0.5) is 11.4 Å². The lowest BCUT2D eigenvalue weighted by molar-refractivity contribution is 0.400. The molecule has 0 fully saturated rings. The Labute approximate surface area is 297 Å². The summed E-state index contributed by atoms with van der Waals surface area (Å²) in [5, 5.41) is 1.15. The molecule has 10 rings (SSSR count). The average Bonchev–Trinajstić information content (AvgIpc) is 3.69. The van der Waals surface area contributed by atoms with Crippen molar-refractivity contribution >= 4 is 39.6 Å². The Kier molecular flexibility index (Phi) is 6.78. The fourth-order valence-corrected chi connectivity index (χ4v) is 8.58. The minimum absolute atomic E-state index is 0.107. The number of rotatable bonds is 4. The first kappa shape index (κ1) is 29.6. The molecule has 0 spiro atoms. The molecule has 2 unspecified atom stereocenters. The highest BCUT2D eigenvalue weighted by Gasteiger charge is 2.56. The number of aliphatic imine (C=N–C) groups is 2. The standard InChI is InChI=1S/C47H35N3O/c1-47-37-24-10-8-22-35(37)43-36-23-9-13-29-42(36)51-44(43)45(47)50(41-28-12-11-25-38(41)47)34-21-14-20-33(30-34)46-48-39(31-16-4-2-5-17-31)26-15-27-40(49-46)32-18-6-3-7-19-32/h2-14,16-26,28-30,45H,15,27H2,1H3/b39-26-,48-46?,49-40?. The van der Waals surface area contributed by atoms with Gasteiger partial charge >= 0.3 is 0 Å². The van der Waals surface area contributed by atoms with Gasteiger partial charge in [-0.25, -0.2) is 9.98 Å². The van der Waals surface area contributed by atoms with Crippen LogP contribution < -0.4 is 4.90 Å². The van der Waals surface area contributed by atoms with Gasteiger partial charge in [0.05, 0.1) is 11.4 Å². The summed E-state index contributed by atoms with van der Waals surface area (Å²) >= 11 is 0. The molecule has 0 N–H and O–H groups in total. The van der Waals surface area contributed by atoms with Crippen molar-refractivity contribution in [3.63, 3.8) is 0 Å². The SMILES string of the molecule is CC12c3ccccc3-c3c(oc4ccccc34)C1N(c1cccc(C3=N/C(c4ccccc4)=C\CCC(c4ccccc4)=N3)c1)c1ccccc12. The fraction of sp³-hybridized carbons (Fsp3) is 0.106. The smallest absolute Gasteiger partial charge is 0.160 e. The van der Waals surface area contributed by atoms with Gasteiger partial charge in [0.2, 0.25) is 0 Å². The van der Waals surface area contributed by atoms with Gasteiger partial charge in [0.15, 0.2) is 5.84 Å². The van der Waals surface area contributed by atoms with Crippen LogP contribution >= 0.6 is 0 Å². The van der Waals surface area contributed by atoms with E-state index in [0.717, 1.165) is 63.4 Å². The minimum atomic E-state index is -0.357. The van der Waals surface area contributed by atoms with Crippen LogP contribution in [0.15, 0.2) is 178 Å². The average molecular weight is 658 g/mol. The van der Waals surface area contributed by atoms with Gasteiger partial charge in [-0.05, 0) is 71.8 Å². The van der Waals surface area contributed by atoms with Crippen LogP contribution in [-0.4, -0.2) is 11.5 Å². The van der Waals surface area contributed by atoms with E-state index >= 15 is 0 Å². The van der Waals surface area contributed by atoms with Gasteiger partial charge in [0.1, 0.15) is 17.4 Å². The predicted octanol–water partition coefficient (Wildman–Crippen LogP) is 11.7. The Balaban J connectivity index is 1.18. The first-order valence-corrected chi connectivity index (χ1v) is 17.8. The number of para-hydroxylation sites is 2. The van der Waals surface area contributed by atoms with Gasteiger partial charge in [-0.2, -0.15) is 0 Å². The summed E-state index contributed by atoms with van der Waals surface area (Å²) in [6.45, 7) is 2.39. The Morgan fingerprint density at radius 2 is 1.33 bits per heavy atom. The number of furan rings is 1. The molecule has 0 saturated carbocycles. The Morgan fingerprint density at radius 1 is 0.647 bits per heavy atom. The molecule has 0 bridgehead atoms. The van der Waals surface area contributed by atoms with Crippen LogP contribution in [0.1, 0.15) is 59.4 Å². The maximum absolute atomic E-state index is 6.92. The number of anilines is 2. The van der Waals surface area contributed by atoms with Crippen molar-refractivity contribution in [1.29, 1.82) is 0 Å². The highest BCUT2D eigenvalue weighted by Crippen LogP contribution is 2.64. The highest BCUT2D eigenvalue weighted by atomic mass is 16.3. The van der Waals surface area contributed by atoms with Crippen molar-refractivity contribution in [2.45, 2.75) is 31.2 Å². The minimum Gasteiger partial charge on any atom is -0.458 e. The molecule has 4 nitrogen and oxygen atoms in total. The van der Waals surface area contributed by atoms with Crippen molar-refractivity contribution in [1.82, 2.24) is 0 Å². The molecule has 0 saturated heterocycles. The van der Waals surface area contributed by atoms with Crippen molar-refractivity contribution in [3.05, 3.63) is 197 Å². The van der Waals surface area contributed by atoms with Gasteiger partial charge in [0, 0.05) is 33.3 Å². The van der Waals surface area contributed by atoms with E-state index in [9.17, 15) is 0 Å². The van der Waals surface area contributed by atoms with E-state index in [1.54, 1.807) is 0 Å². The summed E-state index contributed by atoms with van der Waals surface area (Å²) in [6.07, 6.45) is 3.94. The molecule has 7 aromatic rings. The number of fused-ring (bicyclic) bond motifs is 10. The van der Waals surface area contributed by atoms with Gasteiger partial charge in [-0.15, -0.1) is 0 Å². The first-order valence-electron chi connectivity index (χ1n) is 17.8. The molecule has 2 atom stereocenters. The monoisotopic (exact) mass is 657 g/mol. The van der Waals surface area contributed by atoms with Crippen LogP contribution in [0.2, 0.25) is 0 Å². The molecular weight excluding hydrogens is 623 g/mol. The molecule has 1 aromatic heterocycles. The number of nitrogens with zero attached hydrogens (tertiary/aromatic N) is 3. The van der Waals surface area contributed by atoms with Crippen LogP contribution in [0, 0.1) is 0 Å². The molecule has 244 valence electrons. The summed E-state index contributed by atoms with van der Waals surface area (Å²) in [7, 11) is 0. The molecule has 0 radical (unpaired) electrons. The number of hydrogen-bond donors (Lipinski definition) is 0. The predicted molar refractivity (Wildman–Crippen MR) is 209 cm³/mol. The quantitative estimate of drug-likeness (QED) is 0.189. The lowest BCUT2D eigenvalue weighted by atomic mass is 9.65. The van der Waals surface area contributed by atoms with E-state index in [0.29, 0.717) is 5.84 Å². The Bertz CT molecular complexity index is 2560. The van der Waals surface area contributed by atoms with Gasteiger partial charge < -0.3 is 9.32 Å². The third-order valence-corrected chi connectivity index (χ3v) is 10.9. The van der Waals surface area contributed by atoms with Crippen molar-refractivity contribution in [2.75, 3.05) is 4.90 Å². The molecule has 4 heteroatoms. The lowest BCUT2D eigenvalue weighted by Gasteiger charge is -2.41. The Hall–Kier alpha value is -6.26. The number of allylic oxidation sites excluding steroid dienone is 1. The zero-order valence-electron chi connectivity index (χ0n) is 28.3. The normalized spacial score (nSPS) is 20.1. The van der Waals surface area contributed by atoms with Crippen LogP contribution in [0.3, 0.4) is 0 Å². The third kappa shape index (κ3) is 4.60. The zero-order chi connectivity index (χ0) is 33.9. The second-order valence-corrected chi connectivity index (χ2v) is 13.8. The van der Waals surface area contributed by atoms with Crippen molar-refractivity contribution < 1.29 is 4.42 Å². The summed E-state index contributed by atoms with van der Waals surface area (Å²) < 4.78 is 6.92. The van der Waals surface area contributed by atoms with E-state index in [2.05, 4.69) is 170 Å². The molecule has 0 amide bonds. The first-order chi connectivity index (χ1) is 25.2. The Morgan fingerprint density at radius 3 is 2.18 bits per heavy atom. The maximum Gasteiger partial charge on any atom is 0.160 e. The molecule has 3 heterocycles. The molecule has 3 aliphatic rings. The van der Waals surface area contributed by atoms with Gasteiger partial charge in [0.25, 0.3) is 0 Å². The number of hydrogen-bond acceptors (Lipinski definition) is 4. The van der Waals surface area contributed by atoms with E-state index in [4.69, 9.17) is 14.4 Å². The molecule has 51 heavy (non-hydrogen) atoms. The van der Waals surface area contributed by atoms with Crippen LogP contribution in [0.25, 0.3) is 27.8 Å². The summed E-state index contributed by atoms with van der Waals surface area (Å²) in [4.78, 5) is 13.1. The second-order valence-electron chi connectivity index (χ2n) is 13.8. The summed E-state index contributed by atoms with van der Waals surface area (Å²) in [5.74, 6) is 1.71. The number of benzene rings is 6. The van der Waals surface area contributed by atoms with Crippen molar-refractivity contribution in [2.24, 2.45) is 9.98 Å².